The van der Waals surface area contributed by atoms with Crippen molar-refractivity contribution in [1.82, 2.24) is 5.32 Å². The molecule has 2 heteroatoms. The van der Waals surface area contributed by atoms with Gasteiger partial charge in [-0.05, 0) is 43.4 Å². The van der Waals surface area contributed by atoms with Crippen molar-refractivity contribution in [2.45, 2.75) is 46.1 Å². The molecular weight excluding hydrogens is 232 g/mol. The Labute approximate surface area is 118 Å². The molecule has 1 atom stereocenters. The van der Waals surface area contributed by atoms with Gasteiger partial charge in [0.25, 0.3) is 0 Å². The molecule has 1 aliphatic rings. The third-order valence-corrected chi connectivity index (χ3v) is 4.08. The highest BCUT2D eigenvalue weighted by Gasteiger charge is 2.21. The van der Waals surface area contributed by atoms with E-state index in [4.69, 9.17) is 0 Å². The first-order valence-electron chi connectivity index (χ1n) is 7.78. The molecular formula is C17H28N2. The molecule has 106 valence electrons. The number of nitrogens with one attached hydrogen (secondary N) is 1. The van der Waals surface area contributed by atoms with Gasteiger partial charge >= 0.3 is 0 Å². The molecule has 0 spiro atoms. The van der Waals surface area contributed by atoms with Crippen molar-refractivity contribution in [1.29, 1.82) is 0 Å². The van der Waals surface area contributed by atoms with E-state index < -0.39 is 0 Å². The predicted octanol–water partition coefficient (Wildman–Crippen LogP) is 3.46. The normalized spacial score (nSPS) is 16.5. The summed E-state index contributed by atoms with van der Waals surface area (Å²) in [6.07, 6.45) is 3.73. The van der Waals surface area contributed by atoms with Gasteiger partial charge in [0, 0.05) is 24.8 Å². The molecule has 1 aromatic rings. The molecule has 0 aromatic heterocycles. The number of nitrogens with zero attached hydrogens (tertiary/aromatic N) is 1. The Hall–Kier alpha value is -1.02. The topological polar surface area (TPSA) is 15.3 Å². The van der Waals surface area contributed by atoms with Gasteiger partial charge in [-0.25, -0.2) is 0 Å². The maximum Gasteiger partial charge on any atom is 0.0399 e. The summed E-state index contributed by atoms with van der Waals surface area (Å²) < 4.78 is 0. The van der Waals surface area contributed by atoms with Crippen molar-refractivity contribution in [3.8, 4) is 0 Å². The maximum absolute atomic E-state index is 3.71. The first-order valence-corrected chi connectivity index (χ1v) is 7.78. The Morgan fingerprint density at radius 2 is 2.05 bits per heavy atom. The summed E-state index contributed by atoms with van der Waals surface area (Å²) in [4.78, 5) is 2.58. The largest absolute Gasteiger partial charge is 0.370 e. The smallest absolute Gasteiger partial charge is 0.0399 e. The van der Waals surface area contributed by atoms with Crippen LogP contribution in [0.15, 0.2) is 24.3 Å². The lowest BCUT2D eigenvalue weighted by molar-refractivity contribution is 0.394. The van der Waals surface area contributed by atoms with Gasteiger partial charge in [-0.1, -0.05) is 39.0 Å². The highest BCUT2D eigenvalue weighted by Crippen LogP contribution is 2.27. The minimum Gasteiger partial charge on any atom is -0.370 e. The van der Waals surface area contributed by atoms with Crippen molar-refractivity contribution in [2.24, 2.45) is 5.92 Å². The summed E-state index contributed by atoms with van der Waals surface area (Å²) in [7, 11) is 0. The van der Waals surface area contributed by atoms with Crippen LogP contribution in [-0.4, -0.2) is 25.7 Å². The minimum absolute atomic E-state index is 0.589. The van der Waals surface area contributed by atoms with Gasteiger partial charge in [0.15, 0.2) is 0 Å². The Bertz CT molecular complexity index is 387. The van der Waals surface area contributed by atoms with E-state index in [0.717, 1.165) is 13.1 Å². The van der Waals surface area contributed by atoms with Crippen molar-refractivity contribution in [3.05, 3.63) is 29.8 Å². The zero-order valence-electron chi connectivity index (χ0n) is 12.7. The van der Waals surface area contributed by atoms with Crippen LogP contribution in [0.1, 0.15) is 39.2 Å². The molecule has 0 fully saturated rings. The number of fused-ring (bicyclic) bond motifs is 1. The summed E-state index contributed by atoms with van der Waals surface area (Å²) >= 11 is 0. The van der Waals surface area contributed by atoms with Gasteiger partial charge in [0.2, 0.25) is 0 Å². The number of aryl methyl sites for hydroxylation is 1. The molecule has 0 bridgehead atoms. The standard InChI is InChI=1S/C17H28N2/c1-4-11-18-16(14(2)3)13-19-12-7-9-15-8-5-6-10-17(15)19/h5-6,8,10,14,16,18H,4,7,9,11-13H2,1-3H3. The van der Waals surface area contributed by atoms with Gasteiger partial charge < -0.3 is 10.2 Å². The maximum atomic E-state index is 3.71. The van der Waals surface area contributed by atoms with E-state index >= 15 is 0 Å². The average molecular weight is 260 g/mol. The highest BCUT2D eigenvalue weighted by atomic mass is 15.2. The fourth-order valence-electron chi connectivity index (χ4n) is 2.88. The van der Waals surface area contributed by atoms with E-state index in [1.165, 1.54) is 37.1 Å². The van der Waals surface area contributed by atoms with Crippen molar-refractivity contribution >= 4 is 5.69 Å². The third-order valence-electron chi connectivity index (χ3n) is 4.08. The molecule has 2 nitrogen and oxygen atoms in total. The summed E-state index contributed by atoms with van der Waals surface area (Å²) in [5, 5.41) is 3.71. The van der Waals surface area contributed by atoms with E-state index in [0.29, 0.717) is 12.0 Å². The van der Waals surface area contributed by atoms with Crippen LogP contribution in [0.4, 0.5) is 5.69 Å². The van der Waals surface area contributed by atoms with E-state index in [2.05, 4.69) is 55.3 Å². The van der Waals surface area contributed by atoms with Crippen LogP contribution >= 0.6 is 0 Å². The molecule has 0 saturated heterocycles. The number of hydrogen-bond donors (Lipinski definition) is 1. The van der Waals surface area contributed by atoms with Crippen molar-refractivity contribution in [2.75, 3.05) is 24.5 Å². The summed E-state index contributed by atoms with van der Waals surface area (Å²) in [6.45, 7) is 10.3. The number of rotatable bonds is 6. The molecule has 1 unspecified atom stereocenters. The van der Waals surface area contributed by atoms with Crippen molar-refractivity contribution < 1.29 is 0 Å². The fraction of sp³-hybridized carbons (Fsp3) is 0.647. The highest BCUT2D eigenvalue weighted by molar-refractivity contribution is 5.55. The molecule has 0 saturated carbocycles. The summed E-state index contributed by atoms with van der Waals surface area (Å²) in [5.74, 6) is 0.681. The van der Waals surface area contributed by atoms with Gasteiger partial charge in [-0.2, -0.15) is 0 Å². The van der Waals surface area contributed by atoms with Crippen molar-refractivity contribution in [3.63, 3.8) is 0 Å². The molecule has 0 amide bonds. The monoisotopic (exact) mass is 260 g/mol. The number of benzene rings is 1. The van der Waals surface area contributed by atoms with Crippen LogP contribution in [0.2, 0.25) is 0 Å². The summed E-state index contributed by atoms with van der Waals surface area (Å²) in [6, 6.07) is 9.49. The minimum atomic E-state index is 0.589. The quantitative estimate of drug-likeness (QED) is 0.842. The van der Waals surface area contributed by atoms with Gasteiger partial charge in [0.05, 0.1) is 0 Å². The molecule has 19 heavy (non-hydrogen) atoms. The van der Waals surface area contributed by atoms with Gasteiger partial charge in [-0.3, -0.25) is 0 Å². The Morgan fingerprint density at radius 3 is 2.79 bits per heavy atom. The predicted molar refractivity (Wildman–Crippen MR) is 83.9 cm³/mol. The molecule has 1 aliphatic heterocycles. The SMILES string of the molecule is CCCNC(CN1CCCc2ccccc21)C(C)C. The fourth-order valence-corrected chi connectivity index (χ4v) is 2.88. The third kappa shape index (κ3) is 3.73. The van der Waals surface area contributed by atoms with E-state index in [-0.39, 0.29) is 0 Å². The molecule has 1 N–H and O–H groups in total. The van der Waals surface area contributed by atoms with E-state index in [9.17, 15) is 0 Å². The zero-order chi connectivity index (χ0) is 13.7. The first-order chi connectivity index (χ1) is 9.22. The Balaban J connectivity index is 2.05. The van der Waals surface area contributed by atoms with E-state index in [1.807, 2.05) is 0 Å². The van der Waals surface area contributed by atoms with Crippen LogP contribution in [0, 0.1) is 5.92 Å². The van der Waals surface area contributed by atoms with Gasteiger partial charge in [-0.15, -0.1) is 0 Å². The second kappa shape index (κ2) is 6.95. The molecule has 1 heterocycles. The second-order valence-corrected chi connectivity index (χ2v) is 5.98. The van der Waals surface area contributed by atoms with Crippen LogP contribution < -0.4 is 10.2 Å². The Kier molecular flexibility index (Phi) is 5.26. The van der Waals surface area contributed by atoms with Crippen LogP contribution in [0.3, 0.4) is 0 Å². The molecule has 2 rings (SSSR count). The molecule has 0 aliphatic carbocycles. The summed E-state index contributed by atoms with van der Waals surface area (Å²) in [5.41, 5.74) is 2.98. The average Bonchev–Trinajstić information content (AvgIpc) is 2.43. The molecule has 1 aromatic carbocycles. The van der Waals surface area contributed by atoms with Crippen LogP contribution in [-0.2, 0) is 6.42 Å². The van der Waals surface area contributed by atoms with Crippen LogP contribution in [0.5, 0.6) is 0 Å². The first kappa shape index (κ1) is 14.4. The molecule has 0 radical (unpaired) electrons. The number of hydrogen-bond acceptors (Lipinski definition) is 2. The number of anilines is 1. The zero-order valence-corrected chi connectivity index (χ0v) is 12.7. The Morgan fingerprint density at radius 1 is 1.26 bits per heavy atom. The lowest BCUT2D eigenvalue weighted by Crippen LogP contribution is -2.46. The van der Waals surface area contributed by atoms with Gasteiger partial charge in [0.1, 0.15) is 0 Å². The number of para-hydroxylation sites is 1. The van der Waals surface area contributed by atoms with E-state index in [1.54, 1.807) is 0 Å². The lowest BCUT2D eigenvalue weighted by Gasteiger charge is -2.36. The lowest BCUT2D eigenvalue weighted by atomic mass is 9.98. The van der Waals surface area contributed by atoms with Crippen LogP contribution in [0.25, 0.3) is 0 Å². The second-order valence-electron chi connectivity index (χ2n) is 5.98.